The number of aryl methyl sites for hydroxylation is 4. The van der Waals surface area contributed by atoms with E-state index in [1.54, 1.807) is 19.2 Å². The number of hydrogen-bond acceptors (Lipinski definition) is 5. The fourth-order valence-electron chi connectivity index (χ4n) is 2.46. The van der Waals surface area contributed by atoms with Gasteiger partial charge in [-0.15, -0.1) is 0 Å². The zero-order valence-electron chi connectivity index (χ0n) is 13.8. The van der Waals surface area contributed by atoms with Crippen LogP contribution in [0.25, 0.3) is 11.1 Å². The van der Waals surface area contributed by atoms with Crippen molar-refractivity contribution in [3.8, 4) is 0 Å². The van der Waals surface area contributed by atoms with Gasteiger partial charge >= 0.3 is 0 Å². The third-order valence-electron chi connectivity index (χ3n) is 3.92. The summed E-state index contributed by atoms with van der Waals surface area (Å²) in [6.07, 6.45) is 3.20. The largest absolute Gasteiger partial charge is 0.443 e. The molecule has 1 N–H and O–H groups in total. The molecule has 3 aromatic heterocycles. The molecule has 3 aromatic rings. The number of aromatic nitrogens is 3. The Morgan fingerprint density at radius 1 is 1.29 bits per heavy atom. The van der Waals surface area contributed by atoms with E-state index in [4.69, 9.17) is 4.42 Å². The van der Waals surface area contributed by atoms with Crippen LogP contribution in [0.4, 0.5) is 5.82 Å². The van der Waals surface area contributed by atoms with Crippen LogP contribution in [-0.2, 0) is 11.3 Å². The van der Waals surface area contributed by atoms with Gasteiger partial charge in [0, 0.05) is 24.7 Å². The van der Waals surface area contributed by atoms with Gasteiger partial charge in [-0.3, -0.25) is 14.2 Å². The molecule has 3 rings (SSSR count). The number of hydrogen-bond donors (Lipinski definition) is 1. The Morgan fingerprint density at radius 2 is 2.08 bits per heavy atom. The van der Waals surface area contributed by atoms with Gasteiger partial charge in [0.1, 0.15) is 23.3 Å². The molecule has 0 aliphatic heterocycles. The fourth-order valence-corrected chi connectivity index (χ4v) is 2.46. The first-order chi connectivity index (χ1) is 11.5. The van der Waals surface area contributed by atoms with Crippen LogP contribution in [0.15, 0.2) is 33.9 Å². The maximum absolute atomic E-state index is 12.5. The van der Waals surface area contributed by atoms with Crippen molar-refractivity contribution in [2.75, 3.05) is 5.32 Å². The molecule has 7 nitrogen and oxygen atoms in total. The van der Waals surface area contributed by atoms with E-state index in [0.717, 1.165) is 11.1 Å². The lowest BCUT2D eigenvalue weighted by molar-refractivity contribution is -0.116. The van der Waals surface area contributed by atoms with Gasteiger partial charge in [-0.25, -0.2) is 9.97 Å². The van der Waals surface area contributed by atoms with Crippen molar-refractivity contribution >= 4 is 22.8 Å². The van der Waals surface area contributed by atoms with Crippen LogP contribution in [0.2, 0.25) is 0 Å². The molecule has 0 aromatic carbocycles. The molecule has 0 fully saturated rings. The molecule has 0 aliphatic rings. The number of anilines is 1. The SMILES string of the molecule is Cc1ccnc(NC(=O)CCn2cnc3oc(C)c(C)c3c2=O)c1. The van der Waals surface area contributed by atoms with E-state index in [0.29, 0.717) is 22.7 Å². The van der Waals surface area contributed by atoms with Crippen LogP contribution < -0.4 is 10.9 Å². The van der Waals surface area contributed by atoms with Gasteiger partial charge < -0.3 is 9.73 Å². The molecule has 0 radical (unpaired) electrons. The summed E-state index contributed by atoms with van der Waals surface area (Å²) < 4.78 is 6.86. The molecule has 0 bridgehead atoms. The first kappa shape index (κ1) is 15.9. The maximum Gasteiger partial charge on any atom is 0.264 e. The van der Waals surface area contributed by atoms with Crippen LogP contribution in [0.1, 0.15) is 23.3 Å². The number of amides is 1. The molecule has 3 heterocycles. The highest BCUT2D eigenvalue weighted by Crippen LogP contribution is 2.19. The molecule has 0 saturated heterocycles. The zero-order chi connectivity index (χ0) is 17.3. The van der Waals surface area contributed by atoms with Gasteiger partial charge in [-0.05, 0) is 38.5 Å². The summed E-state index contributed by atoms with van der Waals surface area (Å²) in [6, 6.07) is 3.64. The van der Waals surface area contributed by atoms with E-state index in [-0.39, 0.29) is 24.4 Å². The Kier molecular flexibility index (Phi) is 4.16. The molecule has 0 atom stereocenters. The average molecular weight is 326 g/mol. The summed E-state index contributed by atoms with van der Waals surface area (Å²) in [5.74, 6) is 0.970. The van der Waals surface area contributed by atoms with E-state index in [1.165, 1.54) is 10.9 Å². The third-order valence-corrected chi connectivity index (χ3v) is 3.92. The number of nitrogens with zero attached hydrogens (tertiary/aromatic N) is 3. The smallest absolute Gasteiger partial charge is 0.264 e. The predicted molar refractivity (Wildman–Crippen MR) is 90.0 cm³/mol. The highest BCUT2D eigenvalue weighted by molar-refractivity contribution is 5.89. The summed E-state index contributed by atoms with van der Waals surface area (Å²) in [5, 5.41) is 3.19. The van der Waals surface area contributed by atoms with Gasteiger partial charge in [0.15, 0.2) is 0 Å². The standard InChI is InChI=1S/C17H18N4O3/c1-10-4-6-18-13(8-10)20-14(22)5-7-21-9-19-16-15(17(21)23)11(2)12(3)24-16/h4,6,8-9H,5,7H2,1-3H3,(H,18,20,22). The van der Waals surface area contributed by atoms with Crippen LogP contribution >= 0.6 is 0 Å². The van der Waals surface area contributed by atoms with Crippen molar-refractivity contribution in [1.82, 2.24) is 14.5 Å². The number of furan rings is 1. The van der Waals surface area contributed by atoms with E-state index < -0.39 is 0 Å². The molecule has 0 spiro atoms. The highest BCUT2D eigenvalue weighted by Gasteiger charge is 2.14. The first-order valence-corrected chi connectivity index (χ1v) is 7.63. The lowest BCUT2D eigenvalue weighted by Crippen LogP contribution is -2.23. The van der Waals surface area contributed by atoms with Crippen molar-refractivity contribution in [3.63, 3.8) is 0 Å². The molecule has 0 unspecified atom stereocenters. The summed E-state index contributed by atoms with van der Waals surface area (Å²) in [6.45, 7) is 5.78. The number of fused-ring (bicyclic) bond motifs is 1. The lowest BCUT2D eigenvalue weighted by atomic mass is 10.2. The normalized spacial score (nSPS) is 11.0. The lowest BCUT2D eigenvalue weighted by Gasteiger charge is -2.07. The van der Waals surface area contributed by atoms with Crippen LogP contribution in [-0.4, -0.2) is 20.4 Å². The third kappa shape index (κ3) is 3.05. The fraction of sp³-hybridized carbons (Fsp3) is 0.294. The monoisotopic (exact) mass is 326 g/mol. The van der Waals surface area contributed by atoms with Gasteiger partial charge in [-0.1, -0.05) is 0 Å². The molecular formula is C17H18N4O3. The summed E-state index contributed by atoms with van der Waals surface area (Å²) in [4.78, 5) is 32.8. The molecule has 1 amide bonds. The number of pyridine rings is 1. The van der Waals surface area contributed by atoms with Crippen molar-refractivity contribution in [2.24, 2.45) is 0 Å². The minimum Gasteiger partial charge on any atom is -0.443 e. The summed E-state index contributed by atoms with van der Waals surface area (Å²) in [5.41, 5.74) is 1.93. The molecule has 24 heavy (non-hydrogen) atoms. The number of rotatable bonds is 4. The topological polar surface area (TPSA) is 90.0 Å². The van der Waals surface area contributed by atoms with Crippen molar-refractivity contribution in [3.05, 3.63) is 51.9 Å². The highest BCUT2D eigenvalue weighted by atomic mass is 16.3. The predicted octanol–water partition coefficient (Wildman–Crippen LogP) is 2.34. The van der Waals surface area contributed by atoms with Crippen molar-refractivity contribution in [1.29, 1.82) is 0 Å². The number of nitrogens with one attached hydrogen (secondary N) is 1. The van der Waals surface area contributed by atoms with Crippen molar-refractivity contribution in [2.45, 2.75) is 33.7 Å². The minimum atomic E-state index is -0.208. The Bertz CT molecular complexity index is 972. The van der Waals surface area contributed by atoms with E-state index in [1.807, 2.05) is 19.9 Å². The quantitative estimate of drug-likeness (QED) is 0.795. The van der Waals surface area contributed by atoms with Crippen LogP contribution in [0.3, 0.4) is 0 Å². The Balaban J connectivity index is 1.74. The Labute approximate surface area is 138 Å². The second-order valence-electron chi connectivity index (χ2n) is 5.72. The average Bonchev–Trinajstić information content (AvgIpc) is 2.82. The molecule has 124 valence electrons. The molecule has 0 aliphatic carbocycles. The van der Waals surface area contributed by atoms with Crippen molar-refractivity contribution < 1.29 is 9.21 Å². The second-order valence-corrected chi connectivity index (χ2v) is 5.72. The van der Waals surface area contributed by atoms with Gasteiger partial charge in [-0.2, -0.15) is 0 Å². The minimum absolute atomic E-state index is 0.151. The van der Waals surface area contributed by atoms with E-state index in [2.05, 4.69) is 15.3 Å². The zero-order valence-corrected chi connectivity index (χ0v) is 13.8. The Morgan fingerprint density at radius 3 is 2.83 bits per heavy atom. The van der Waals surface area contributed by atoms with Gasteiger partial charge in [0.2, 0.25) is 11.6 Å². The number of carbonyl (C=O) groups is 1. The summed E-state index contributed by atoms with van der Waals surface area (Å²) >= 11 is 0. The van der Waals surface area contributed by atoms with Gasteiger partial charge in [0.05, 0.1) is 0 Å². The molecule has 0 saturated carbocycles. The summed E-state index contributed by atoms with van der Waals surface area (Å²) in [7, 11) is 0. The molecular weight excluding hydrogens is 308 g/mol. The van der Waals surface area contributed by atoms with E-state index in [9.17, 15) is 9.59 Å². The Hall–Kier alpha value is -2.96. The van der Waals surface area contributed by atoms with Crippen LogP contribution in [0.5, 0.6) is 0 Å². The maximum atomic E-state index is 12.5. The van der Waals surface area contributed by atoms with Crippen LogP contribution in [0, 0.1) is 20.8 Å². The second kappa shape index (κ2) is 6.27. The van der Waals surface area contributed by atoms with E-state index >= 15 is 0 Å². The first-order valence-electron chi connectivity index (χ1n) is 7.63. The van der Waals surface area contributed by atoms with Gasteiger partial charge in [0.25, 0.3) is 5.56 Å². The molecule has 7 heteroatoms. The number of carbonyl (C=O) groups excluding carboxylic acids is 1.